The van der Waals surface area contributed by atoms with E-state index in [-0.39, 0.29) is 0 Å². The molecule has 7 rings (SSSR count). The number of pyridine rings is 1. The summed E-state index contributed by atoms with van der Waals surface area (Å²) in [4.78, 5) is 4.34. The van der Waals surface area contributed by atoms with Crippen molar-refractivity contribution in [3.63, 3.8) is 0 Å². The summed E-state index contributed by atoms with van der Waals surface area (Å²) in [6.07, 6.45) is 3.81. The van der Waals surface area contributed by atoms with Gasteiger partial charge in [0.15, 0.2) is 0 Å². The molecule has 2 heterocycles. The smallest absolute Gasteiger partial charge is 0.0547 e. The molecular weight excluding hydrogens is 504 g/mol. The summed E-state index contributed by atoms with van der Waals surface area (Å²) in [5, 5.41) is 4.84. The van der Waals surface area contributed by atoms with Crippen LogP contribution in [0.5, 0.6) is 0 Å². The van der Waals surface area contributed by atoms with Gasteiger partial charge in [-0.3, -0.25) is 4.98 Å². The minimum absolute atomic E-state index is 1.08. The Kier molecular flexibility index (Phi) is 4.97. The number of hydrogen-bond acceptors (Lipinski definition) is 1. The molecule has 0 bridgehead atoms. The molecule has 2 aromatic heterocycles. The van der Waals surface area contributed by atoms with Gasteiger partial charge in [0.25, 0.3) is 0 Å². The van der Waals surface area contributed by atoms with Crippen LogP contribution >= 0.6 is 15.9 Å². The third-order valence-corrected chi connectivity index (χ3v) is 7.42. The van der Waals surface area contributed by atoms with Crippen LogP contribution in [0, 0.1) is 0 Å². The topological polar surface area (TPSA) is 17.8 Å². The van der Waals surface area contributed by atoms with E-state index in [1.54, 1.807) is 0 Å². The van der Waals surface area contributed by atoms with Gasteiger partial charge in [-0.1, -0.05) is 88.7 Å². The van der Waals surface area contributed by atoms with E-state index in [1.807, 2.05) is 12.4 Å². The van der Waals surface area contributed by atoms with Crippen LogP contribution in [0.1, 0.15) is 0 Å². The SMILES string of the molecule is Brc1cccc(-c2cccc(-c3ccc4c5ccccc5n(-c5cccc6cnccc56)c4c3)c2)c1. The van der Waals surface area contributed by atoms with Gasteiger partial charge in [-0.15, -0.1) is 0 Å². The van der Waals surface area contributed by atoms with Gasteiger partial charge < -0.3 is 4.57 Å². The molecule has 0 saturated heterocycles. The van der Waals surface area contributed by atoms with Gasteiger partial charge in [-0.2, -0.15) is 0 Å². The summed E-state index contributed by atoms with van der Waals surface area (Å²) in [5.74, 6) is 0. The number of para-hydroxylation sites is 1. The van der Waals surface area contributed by atoms with E-state index < -0.39 is 0 Å². The first kappa shape index (κ1) is 21.1. The van der Waals surface area contributed by atoms with E-state index in [0.29, 0.717) is 0 Å². The fourth-order valence-corrected chi connectivity index (χ4v) is 5.66. The fourth-order valence-electron chi connectivity index (χ4n) is 5.26. The number of benzene rings is 5. The van der Waals surface area contributed by atoms with E-state index in [2.05, 4.69) is 141 Å². The standard InChI is InChI=1S/C33H21BrN2/c34-27-10-4-8-24(19-27)22-6-3-7-23(18-22)25-14-15-30-29-11-1-2-12-32(29)36(33(30)20-25)31-13-5-9-26-21-35-17-16-28(26)31/h1-21H. The molecular formula is C33H21BrN2. The van der Waals surface area contributed by atoms with Gasteiger partial charge in [0.1, 0.15) is 0 Å². The normalized spacial score (nSPS) is 11.5. The molecule has 0 saturated carbocycles. The van der Waals surface area contributed by atoms with Crippen LogP contribution in [0.15, 0.2) is 132 Å². The van der Waals surface area contributed by atoms with Gasteiger partial charge in [0, 0.05) is 38.4 Å². The molecule has 0 aliphatic heterocycles. The summed E-state index contributed by atoms with van der Waals surface area (Å²) < 4.78 is 3.48. The average Bonchev–Trinajstić information content (AvgIpc) is 3.26. The Morgan fingerprint density at radius 2 is 1.25 bits per heavy atom. The lowest BCUT2D eigenvalue weighted by Crippen LogP contribution is -1.95. The van der Waals surface area contributed by atoms with Crippen molar-refractivity contribution in [1.29, 1.82) is 0 Å². The highest BCUT2D eigenvalue weighted by Gasteiger charge is 2.15. The number of fused-ring (bicyclic) bond motifs is 4. The highest BCUT2D eigenvalue weighted by Crippen LogP contribution is 2.37. The Morgan fingerprint density at radius 1 is 0.528 bits per heavy atom. The minimum atomic E-state index is 1.08. The Hall–Kier alpha value is -4.21. The molecule has 2 nitrogen and oxygen atoms in total. The first-order valence-electron chi connectivity index (χ1n) is 12.0. The molecule has 3 heteroatoms. The van der Waals surface area contributed by atoms with E-state index in [1.165, 1.54) is 55.1 Å². The van der Waals surface area contributed by atoms with Crippen LogP contribution in [0.3, 0.4) is 0 Å². The highest BCUT2D eigenvalue weighted by atomic mass is 79.9. The molecule has 0 spiro atoms. The molecule has 36 heavy (non-hydrogen) atoms. The monoisotopic (exact) mass is 524 g/mol. The van der Waals surface area contributed by atoms with E-state index in [9.17, 15) is 0 Å². The molecule has 0 radical (unpaired) electrons. The minimum Gasteiger partial charge on any atom is -0.309 e. The molecule has 5 aromatic carbocycles. The molecule has 0 fully saturated rings. The number of aromatic nitrogens is 2. The van der Waals surface area contributed by atoms with Crippen molar-refractivity contribution in [3.05, 3.63) is 132 Å². The van der Waals surface area contributed by atoms with Gasteiger partial charge in [0.05, 0.1) is 16.7 Å². The van der Waals surface area contributed by atoms with Gasteiger partial charge in [-0.05, 0) is 64.7 Å². The van der Waals surface area contributed by atoms with Crippen molar-refractivity contribution >= 4 is 48.5 Å². The fraction of sp³-hybridized carbons (Fsp3) is 0. The van der Waals surface area contributed by atoms with Crippen LogP contribution in [0.2, 0.25) is 0 Å². The maximum atomic E-state index is 4.34. The van der Waals surface area contributed by atoms with E-state index in [4.69, 9.17) is 0 Å². The second kappa shape index (κ2) is 8.47. The lowest BCUT2D eigenvalue weighted by atomic mass is 9.98. The first-order chi connectivity index (χ1) is 17.8. The van der Waals surface area contributed by atoms with Crippen molar-refractivity contribution in [3.8, 4) is 27.9 Å². The molecule has 0 atom stereocenters. The molecule has 170 valence electrons. The Bertz CT molecular complexity index is 1910. The lowest BCUT2D eigenvalue weighted by Gasteiger charge is -2.12. The zero-order chi connectivity index (χ0) is 24.1. The van der Waals surface area contributed by atoms with Crippen molar-refractivity contribution in [1.82, 2.24) is 9.55 Å². The Morgan fingerprint density at radius 3 is 2.11 bits per heavy atom. The second-order valence-electron chi connectivity index (χ2n) is 9.05. The van der Waals surface area contributed by atoms with Crippen molar-refractivity contribution in [2.75, 3.05) is 0 Å². The summed E-state index contributed by atoms with van der Waals surface area (Å²) in [5.41, 5.74) is 8.38. The molecule has 0 N–H and O–H groups in total. The van der Waals surface area contributed by atoms with Crippen molar-refractivity contribution in [2.24, 2.45) is 0 Å². The third kappa shape index (κ3) is 3.43. The predicted molar refractivity (Wildman–Crippen MR) is 155 cm³/mol. The number of hydrogen-bond donors (Lipinski definition) is 0. The molecule has 7 aromatic rings. The molecule has 0 aliphatic rings. The van der Waals surface area contributed by atoms with E-state index in [0.717, 1.165) is 9.86 Å². The zero-order valence-electron chi connectivity index (χ0n) is 19.4. The Labute approximate surface area is 217 Å². The predicted octanol–water partition coefficient (Wildman–Crippen LogP) is 9.43. The first-order valence-corrected chi connectivity index (χ1v) is 12.8. The number of rotatable bonds is 3. The lowest BCUT2D eigenvalue weighted by molar-refractivity contribution is 1.19. The van der Waals surface area contributed by atoms with Crippen LogP contribution in [0.25, 0.3) is 60.5 Å². The Balaban J connectivity index is 1.48. The maximum Gasteiger partial charge on any atom is 0.0547 e. The average molecular weight is 525 g/mol. The van der Waals surface area contributed by atoms with Gasteiger partial charge in [0.2, 0.25) is 0 Å². The van der Waals surface area contributed by atoms with Crippen molar-refractivity contribution in [2.45, 2.75) is 0 Å². The summed E-state index contributed by atoms with van der Waals surface area (Å²) in [6, 6.07) is 41.3. The second-order valence-corrected chi connectivity index (χ2v) is 9.97. The molecule has 0 aliphatic carbocycles. The number of halogens is 1. The highest BCUT2D eigenvalue weighted by molar-refractivity contribution is 9.10. The number of nitrogens with zero attached hydrogens (tertiary/aromatic N) is 2. The summed E-state index contributed by atoms with van der Waals surface area (Å²) in [7, 11) is 0. The summed E-state index contributed by atoms with van der Waals surface area (Å²) in [6.45, 7) is 0. The van der Waals surface area contributed by atoms with Crippen LogP contribution < -0.4 is 0 Å². The summed E-state index contributed by atoms with van der Waals surface area (Å²) >= 11 is 3.61. The van der Waals surface area contributed by atoms with Crippen LogP contribution in [0.4, 0.5) is 0 Å². The third-order valence-electron chi connectivity index (χ3n) is 6.93. The quantitative estimate of drug-likeness (QED) is 0.225. The van der Waals surface area contributed by atoms with E-state index >= 15 is 0 Å². The maximum absolute atomic E-state index is 4.34. The van der Waals surface area contributed by atoms with Crippen LogP contribution in [-0.4, -0.2) is 9.55 Å². The van der Waals surface area contributed by atoms with Gasteiger partial charge >= 0.3 is 0 Å². The zero-order valence-corrected chi connectivity index (χ0v) is 21.0. The molecule has 0 amide bonds. The molecule has 0 unspecified atom stereocenters. The van der Waals surface area contributed by atoms with Gasteiger partial charge in [-0.25, -0.2) is 0 Å². The largest absolute Gasteiger partial charge is 0.309 e. The van der Waals surface area contributed by atoms with Crippen LogP contribution in [-0.2, 0) is 0 Å². The van der Waals surface area contributed by atoms with Crippen molar-refractivity contribution < 1.29 is 0 Å².